The predicted molar refractivity (Wildman–Crippen MR) is 76.5 cm³/mol. The Morgan fingerprint density at radius 3 is 2.45 bits per heavy atom. The van der Waals surface area contributed by atoms with Gasteiger partial charge in [0.05, 0.1) is 12.4 Å². The third kappa shape index (κ3) is 2.64. The van der Waals surface area contributed by atoms with Crippen LogP contribution in [0.2, 0.25) is 0 Å². The van der Waals surface area contributed by atoms with Crippen LogP contribution in [0.4, 0.5) is 5.82 Å². The molecule has 6 nitrogen and oxygen atoms in total. The van der Waals surface area contributed by atoms with Crippen molar-refractivity contribution in [2.75, 3.05) is 37.3 Å². The molecule has 3 heterocycles. The first-order chi connectivity index (χ1) is 9.49. The van der Waals surface area contributed by atoms with Crippen molar-refractivity contribution < 1.29 is 8.42 Å². The highest BCUT2D eigenvalue weighted by atomic mass is 32.2. The highest BCUT2D eigenvalue weighted by Gasteiger charge is 2.37. The third-order valence-electron chi connectivity index (χ3n) is 4.47. The Bertz CT molecular complexity index is 569. The Morgan fingerprint density at radius 1 is 1.20 bits per heavy atom. The summed E-state index contributed by atoms with van der Waals surface area (Å²) in [6.07, 6.45) is 7.66. The smallest absolute Gasteiger partial charge is 0.194 e. The van der Waals surface area contributed by atoms with Crippen molar-refractivity contribution in [3.8, 4) is 0 Å². The number of hydrogen-bond acceptors (Lipinski definition) is 6. The summed E-state index contributed by atoms with van der Waals surface area (Å²) in [4.78, 5) is 10.5. The molecular weight excluding hydrogens is 276 g/mol. The highest BCUT2D eigenvalue weighted by Crippen LogP contribution is 2.37. The Labute approximate surface area is 119 Å². The van der Waals surface area contributed by atoms with Gasteiger partial charge in [-0.25, -0.2) is 18.4 Å². The van der Waals surface area contributed by atoms with E-state index in [-0.39, 0.29) is 5.03 Å². The molecule has 0 unspecified atom stereocenters. The van der Waals surface area contributed by atoms with Crippen molar-refractivity contribution in [2.24, 2.45) is 5.41 Å². The fourth-order valence-corrected chi connectivity index (χ4v) is 3.58. The third-order valence-corrected chi connectivity index (χ3v) is 5.45. The molecule has 0 aromatic carbocycles. The molecule has 0 aliphatic carbocycles. The molecule has 20 heavy (non-hydrogen) atoms. The quantitative estimate of drug-likeness (QED) is 0.854. The summed E-state index contributed by atoms with van der Waals surface area (Å²) in [5, 5.41) is 3.49. The summed E-state index contributed by atoms with van der Waals surface area (Å²) >= 11 is 0. The largest absolute Gasteiger partial charge is 0.355 e. The van der Waals surface area contributed by atoms with E-state index in [1.165, 1.54) is 12.6 Å². The minimum absolute atomic E-state index is 0.0368. The zero-order valence-corrected chi connectivity index (χ0v) is 12.5. The second-order valence-electron chi connectivity index (χ2n) is 5.90. The number of sulfone groups is 1. The zero-order valence-electron chi connectivity index (χ0n) is 11.7. The van der Waals surface area contributed by atoms with E-state index < -0.39 is 9.84 Å². The average Bonchev–Trinajstić information content (AvgIpc) is 2.87. The first kappa shape index (κ1) is 13.8. The minimum Gasteiger partial charge on any atom is -0.355 e. The van der Waals surface area contributed by atoms with Crippen molar-refractivity contribution in [2.45, 2.75) is 24.3 Å². The fourth-order valence-electron chi connectivity index (χ4n) is 3.10. The summed E-state index contributed by atoms with van der Waals surface area (Å²) < 4.78 is 22.7. The van der Waals surface area contributed by atoms with Gasteiger partial charge in [0.1, 0.15) is 5.82 Å². The lowest BCUT2D eigenvalue weighted by Gasteiger charge is -2.39. The molecule has 0 amide bonds. The molecule has 0 bridgehead atoms. The Balaban J connectivity index is 1.69. The van der Waals surface area contributed by atoms with Gasteiger partial charge in [-0.3, -0.25) is 0 Å². The van der Waals surface area contributed by atoms with Crippen molar-refractivity contribution >= 4 is 15.7 Å². The molecule has 0 radical (unpaired) electrons. The van der Waals surface area contributed by atoms with Gasteiger partial charge in [-0.15, -0.1) is 0 Å². The topological polar surface area (TPSA) is 75.2 Å². The number of nitrogens with one attached hydrogen (secondary N) is 1. The first-order valence-electron chi connectivity index (χ1n) is 6.96. The molecule has 1 aromatic heterocycles. The van der Waals surface area contributed by atoms with Gasteiger partial charge < -0.3 is 10.2 Å². The maximum Gasteiger partial charge on any atom is 0.194 e. The molecule has 110 valence electrons. The van der Waals surface area contributed by atoms with E-state index in [1.807, 2.05) is 0 Å². The second kappa shape index (κ2) is 4.96. The molecule has 1 N–H and O–H groups in total. The van der Waals surface area contributed by atoms with Crippen LogP contribution in [0.25, 0.3) is 0 Å². The lowest BCUT2D eigenvalue weighted by Crippen LogP contribution is -2.41. The first-order valence-corrected chi connectivity index (χ1v) is 8.86. The van der Waals surface area contributed by atoms with Gasteiger partial charge >= 0.3 is 0 Å². The Hall–Kier alpha value is -1.21. The molecule has 1 spiro atoms. The molecule has 2 aliphatic rings. The molecular formula is C13H20N4O2S. The van der Waals surface area contributed by atoms with Gasteiger partial charge in [0.25, 0.3) is 0 Å². The van der Waals surface area contributed by atoms with Gasteiger partial charge in [-0.2, -0.15) is 0 Å². The van der Waals surface area contributed by atoms with Gasteiger partial charge in [0, 0.05) is 25.9 Å². The summed E-state index contributed by atoms with van der Waals surface area (Å²) in [5.41, 5.74) is 0.469. The van der Waals surface area contributed by atoms with Gasteiger partial charge in [-0.1, -0.05) is 0 Å². The predicted octanol–water partition coefficient (Wildman–Crippen LogP) is 0.460. The lowest BCUT2D eigenvalue weighted by atomic mass is 9.78. The number of piperidine rings is 1. The van der Waals surface area contributed by atoms with Gasteiger partial charge in [-0.05, 0) is 31.2 Å². The van der Waals surface area contributed by atoms with E-state index in [1.54, 1.807) is 6.20 Å². The van der Waals surface area contributed by atoms with Crippen LogP contribution in [0.3, 0.4) is 0 Å². The monoisotopic (exact) mass is 296 g/mol. The van der Waals surface area contributed by atoms with Crippen LogP contribution in [0.1, 0.15) is 19.3 Å². The summed E-state index contributed by atoms with van der Waals surface area (Å²) in [7, 11) is -3.27. The molecule has 2 fully saturated rings. The molecule has 7 heteroatoms. The number of hydrogen-bond donors (Lipinski definition) is 1. The van der Waals surface area contributed by atoms with Crippen LogP contribution in [0, 0.1) is 5.41 Å². The van der Waals surface area contributed by atoms with Crippen LogP contribution >= 0.6 is 0 Å². The number of anilines is 1. The number of aromatic nitrogens is 2. The Kier molecular flexibility index (Phi) is 3.41. The standard InChI is InChI=1S/C13H20N4O2S/c1-20(18,19)12-9-15-11(8-16-12)17-6-3-13(4-7-17)2-5-14-10-13/h8-9,14H,2-7,10H2,1H3. The van der Waals surface area contributed by atoms with Crippen molar-refractivity contribution in [1.82, 2.24) is 15.3 Å². The fraction of sp³-hybridized carbons (Fsp3) is 0.692. The summed E-state index contributed by atoms with van der Waals surface area (Å²) in [6, 6.07) is 0. The maximum atomic E-state index is 11.4. The van der Waals surface area contributed by atoms with Crippen LogP contribution in [-0.4, -0.2) is 50.8 Å². The lowest BCUT2D eigenvalue weighted by molar-refractivity contribution is 0.247. The van der Waals surface area contributed by atoms with Gasteiger partial charge in [0.2, 0.25) is 0 Å². The second-order valence-corrected chi connectivity index (χ2v) is 7.86. The van der Waals surface area contributed by atoms with Crippen molar-refractivity contribution in [3.05, 3.63) is 12.4 Å². The molecule has 1 aromatic rings. The normalized spacial score (nSPS) is 22.4. The van der Waals surface area contributed by atoms with Crippen LogP contribution < -0.4 is 10.2 Å². The molecule has 2 aliphatic heterocycles. The average molecular weight is 296 g/mol. The van der Waals surface area contributed by atoms with Crippen LogP contribution in [0.5, 0.6) is 0 Å². The van der Waals surface area contributed by atoms with E-state index in [0.717, 1.165) is 51.1 Å². The van der Waals surface area contributed by atoms with Crippen LogP contribution in [-0.2, 0) is 9.84 Å². The van der Waals surface area contributed by atoms with E-state index in [9.17, 15) is 8.42 Å². The molecule has 0 atom stereocenters. The zero-order chi connectivity index (χ0) is 14.2. The summed E-state index contributed by atoms with van der Waals surface area (Å²) in [6.45, 7) is 4.19. The van der Waals surface area contributed by atoms with E-state index in [2.05, 4.69) is 20.2 Å². The minimum atomic E-state index is -3.27. The van der Waals surface area contributed by atoms with E-state index in [4.69, 9.17) is 0 Å². The molecule has 0 saturated carbocycles. The SMILES string of the molecule is CS(=O)(=O)c1cnc(N2CCC3(CCNC3)CC2)cn1. The van der Waals surface area contributed by atoms with Crippen LogP contribution in [0.15, 0.2) is 17.4 Å². The Morgan fingerprint density at radius 2 is 1.95 bits per heavy atom. The highest BCUT2D eigenvalue weighted by molar-refractivity contribution is 7.90. The van der Waals surface area contributed by atoms with Crippen molar-refractivity contribution in [3.63, 3.8) is 0 Å². The van der Waals surface area contributed by atoms with E-state index >= 15 is 0 Å². The summed E-state index contributed by atoms with van der Waals surface area (Å²) in [5.74, 6) is 0.776. The van der Waals surface area contributed by atoms with Crippen molar-refractivity contribution in [1.29, 1.82) is 0 Å². The van der Waals surface area contributed by atoms with Gasteiger partial charge in [0.15, 0.2) is 14.9 Å². The maximum absolute atomic E-state index is 11.4. The number of nitrogens with zero attached hydrogens (tertiary/aromatic N) is 3. The number of rotatable bonds is 2. The van der Waals surface area contributed by atoms with E-state index in [0.29, 0.717) is 5.41 Å². The molecule has 2 saturated heterocycles. The molecule has 3 rings (SSSR count).